The van der Waals surface area contributed by atoms with E-state index in [-0.39, 0.29) is 0 Å². The maximum Gasteiger partial charge on any atom is -0.000969 e. The average Bonchev–Trinajstić information content (AvgIpc) is 2.21. The van der Waals surface area contributed by atoms with Gasteiger partial charge in [0.05, 0.1) is 0 Å². The monoisotopic (exact) mass is 202 g/mol. The van der Waals surface area contributed by atoms with Gasteiger partial charge in [0.2, 0.25) is 0 Å². The summed E-state index contributed by atoms with van der Waals surface area (Å²) in [6, 6.07) is 0. The smallest absolute Gasteiger partial charge is 0.000969 e. The molecule has 0 saturated carbocycles. The summed E-state index contributed by atoms with van der Waals surface area (Å²) in [7, 11) is 2.20. The quantitative estimate of drug-likeness (QED) is 0.609. The molecular formula is C12H30N2. The van der Waals surface area contributed by atoms with Gasteiger partial charge in [-0.15, -0.1) is 0 Å². The molecule has 0 fully saturated rings. The molecule has 2 heteroatoms. The van der Waals surface area contributed by atoms with E-state index in [1.807, 2.05) is 13.8 Å². The van der Waals surface area contributed by atoms with Gasteiger partial charge < -0.3 is 10.2 Å². The molecule has 0 aliphatic carbocycles. The Balaban J connectivity index is 0. The van der Waals surface area contributed by atoms with E-state index in [2.05, 4.69) is 31.1 Å². The Morgan fingerprint density at radius 3 is 2.07 bits per heavy atom. The van der Waals surface area contributed by atoms with Crippen LogP contribution in [0, 0.1) is 0 Å². The zero-order valence-electron chi connectivity index (χ0n) is 10.9. The van der Waals surface area contributed by atoms with Crippen molar-refractivity contribution in [1.82, 2.24) is 10.2 Å². The summed E-state index contributed by atoms with van der Waals surface area (Å²) in [5, 5.41) is 3.41. The minimum Gasteiger partial charge on any atom is -0.317 e. The topological polar surface area (TPSA) is 15.3 Å². The second-order valence-electron chi connectivity index (χ2n) is 3.41. The van der Waals surface area contributed by atoms with Gasteiger partial charge in [0.25, 0.3) is 0 Å². The molecule has 0 atom stereocenters. The number of hydrogen-bond donors (Lipinski definition) is 1. The van der Waals surface area contributed by atoms with Gasteiger partial charge in [0, 0.05) is 0 Å². The number of nitrogens with zero attached hydrogens (tertiary/aromatic N) is 1. The lowest BCUT2D eigenvalue weighted by atomic mass is 10.3. The summed E-state index contributed by atoms with van der Waals surface area (Å²) >= 11 is 0. The summed E-state index contributed by atoms with van der Waals surface area (Å²) in [6.45, 7) is 13.2. The Bertz CT molecular complexity index is 84.4. The first-order chi connectivity index (χ1) is 6.81. The van der Waals surface area contributed by atoms with Gasteiger partial charge >= 0.3 is 0 Å². The first kappa shape index (κ1) is 16.4. The zero-order chi connectivity index (χ0) is 11.2. The fraction of sp³-hybridized carbons (Fsp3) is 1.00. The normalized spacial score (nSPS) is 9.86. The van der Waals surface area contributed by atoms with Gasteiger partial charge in [-0.1, -0.05) is 27.7 Å². The van der Waals surface area contributed by atoms with Crippen molar-refractivity contribution in [2.45, 2.75) is 47.0 Å². The third kappa shape index (κ3) is 14.4. The van der Waals surface area contributed by atoms with Crippen molar-refractivity contribution in [1.29, 1.82) is 0 Å². The highest BCUT2D eigenvalue weighted by atomic mass is 15.1. The van der Waals surface area contributed by atoms with Crippen LogP contribution >= 0.6 is 0 Å². The maximum atomic E-state index is 3.41. The Morgan fingerprint density at radius 1 is 0.929 bits per heavy atom. The third-order valence-corrected chi connectivity index (χ3v) is 1.93. The summed E-state index contributed by atoms with van der Waals surface area (Å²) in [5.74, 6) is 0. The molecule has 0 heterocycles. The molecule has 88 valence electrons. The molecule has 0 aromatic heterocycles. The molecule has 0 amide bonds. The lowest BCUT2D eigenvalue weighted by Crippen LogP contribution is -2.25. The van der Waals surface area contributed by atoms with Crippen LogP contribution in [0.1, 0.15) is 47.0 Å². The molecule has 0 aliphatic heterocycles. The molecule has 0 radical (unpaired) electrons. The van der Waals surface area contributed by atoms with Gasteiger partial charge in [-0.3, -0.25) is 0 Å². The lowest BCUT2D eigenvalue weighted by molar-refractivity contribution is 0.327. The van der Waals surface area contributed by atoms with Crippen molar-refractivity contribution in [3.8, 4) is 0 Å². The molecular weight excluding hydrogens is 172 g/mol. The van der Waals surface area contributed by atoms with Crippen molar-refractivity contribution in [3.05, 3.63) is 0 Å². The van der Waals surface area contributed by atoms with E-state index in [9.17, 15) is 0 Å². The first-order valence-corrected chi connectivity index (χ1v) is 6.20. The highest BCUT2D eigenvalue weighted by Crippen LogP contribution is 1.88. The fourth-order valence-electron chi connectivity index (χ4n) is 1.27. The van der Waals surface area contributed by atoms with Crippen LogP contribution in [-0.4, -0.2) is 38.1 Å². The van der Waals surface area contributed by atoms with E-state index in [0.29, 0.717) is 0 Å². The Labute approximate surface area is 91.1 Å². The number of rotatable bonds is 8. The summed E-state index contributed by atoms with van der Waals surface area (Å²) in [6.07, 6.45) is 3.78. The van der Waals surface area contributed by atoms with Gasteiger partial charge in [-0.25, -0.2) is 0 Å². The molecule has 1 N–H and O–H groups in total. The number of hydrogen-bond acceptors (Lipinski definition) is 2. The fourth-order valence-corrected chi connectivity index (χ4v) is 1.27. The van der Waals surface area contributed by atoms with Gasteiger partial charge in [-0.05, 0) is 52.5 Å². The Kier molecular flexibility index (Phi) is 18.0. The van der Waals surface area contributed by atoms with E-state index >= 15 is 0 Å². The number of nitrogens with one attached hydrogen (secondary N) is 1. The van der Waals surface area contributed by atoms with E-state index in [0.717, 1.165) is 6.54 Å². The molecule has 0 spiro atoms. The van der Waals surface area contributed by atoms with Crippen LogP contribution in [0.2, 0.25) is 0 Å². The van der Waals surface area contributed by atoms with Gasteiger partial charge in [0.15, 0.2) is 0 Å². The van der Waals surface area contributed by atoms with Crippen LogP contribution in [0.25, 0.3) is 0 Å². The average molecular weight is 202 g/mol. The van der Waals surface area contributed by atoms with E-state index in [4.69, 9.17) is 0 Å². The minimum absolute atomic E-state index is 1.16. The largest absolute Gasteiger partial charge is 0.317 e. The molecule has 0 aromatic carbocycles. The van der Waals surface area contributed by atoms with Crippen LogP contribution < -0.4 is 5.32 Å². The second-order valence-corrected chi connectivity index (χ2v) is 3.41. The van der Waals surface area contributed by atoms with Crippen molar-refractivity contribution in [2.75, 3.05) is 33.2 Å². The van der Waals surface area contributed by atoms with E-state index in [1.54, 1.807) is 0 Å². The Morgan fingerprint density at radius 2 is 1.57 bits per heavy atom. The Hall–Kier alpha value is -0.0800. The third-order valence-electron chi connectivity index (χ3n) is 1.93. The predicted molar refractivity (Wildman–Crippen MR) is 66.9 cm³/mol. The molecule has 0 rings (SSSR count). The highest BCUT2D eigenvalue weighted by Gasteiger charge is 1.94. The van der Waals surface area contributed by atoms with Crippen molar-refractivity contribution < 1.29 is 0 Å². The lowest BCUT2D eigenvalue weighted by Gasteiger charge is -2.14. The molecule has 0 bridgehead atoms. The first-order valence-electron chi connectivity index (χ1n) is 6.20. The van der Waals surface area contributed by atoms with Crippen LogP contribution in [0.3, 0.4) is 0 Å². The molecule has 0 aliphatic rings. The molecule has 2 nitrogen and oxygen atoms in total. The van der Waals surface area contributed by atoms with Crippen molar-refractivity contribution in [3.63, 3.8) is 0 Å². The van der Waals surface area contributed by atoms with Gasteiger partial charge in [-0.2, -0.15) is 0 Å². The van der Waals surface area contributed by atoms with Crippen LogP contribution in [-0.2, 0) is 0 Å². The molecule has 0 saturated heterocycles. The molecule has 0 unspecified atom stereocenters. The summed E-state index contributed by atoms with van der Waals surface area (Å²) in [5.41, 5.74) is 0. The SMILES string of the molecule is CC.CCCNCCCN(C)CCC. The van der Waals surface area contributed by atoms with Crippen molar-refractivity contribution in [2.24, 2.45) is 0 Å². The maximum absolute atomic E-state index is 3.41. The van der Waals surface area contributed by atoms with Crippen LogP contribution in [0.15, 0.2) is 0 Å². The predicted octanol–water partition coefficient (Wildman–Crippen LogP) is 2.74. The molecule has 14 heavy (non-hydrogen) atoms. The molecule has 0 aromatic rings. The van der Waals surface area contributed by atoms with Crippen LogP contribution in [0.5, 0.6) is 0 Å². The van der Waals surface area contributed by atoms with E-state index in [1.165, 1.54) is 38.9 Å². The second kappa shape index (κ2) is 15.4. The van der Waals surface area contributed by atoms with E-state index < -0.39 is 0 Å². The minimum atomic E-state index is 1.16. The zero-order valence-corrected chi connectivity index (χ0v) is 10.9. The summed E-state index contributed by atoms with van der Waals surface area (Å²) < 4.78 is 0. The highest BCUT2D eigenvalue weighted by molar-refractivity contribution is 4.52. The summed E-state index contributed by atoms with van der Waals surface area (Å²) in [4.78, 5) is 2.40. The van der Waals surface area contributed by atoms with Gasteiger partial charge in [0.1, 0.15) is 0 Å². The standard InChI is InChI=1S/C10H24N2.C2H6/c1-4-7-11-8-6-10-12(3)9-5-2;1-2/h11H,4-10H2,1-3H3;1-2H3. The van der Waals surface area contributed by atoms with Crippen molar-refractivity contribution >= 4 is 0 Å². The van der Waals surface area contributed by atoms with Crippen LogP contribution in [0.4, 0.5) is 0 Å².